The van der Waals surface area contributed by atoms with E-state index in [4.69, 9.17) is 16.3 Å². The molecule has 0 aliphatic carbocycles. The van der Waals surface area contributed by atoms with Crippen LogP contribution in [0.4, 0.5) is 5.69 Å². The molecular weight excluding hydrogens is 354 g/mol. The van der Waals surface area contributed by atoms with E-state index in [-0.39, 0.29) is 5.91 Å². The monoisotopic (exact) mass is 367 g/mol. The molecule has 0 aliphatic heterocycles. The Kier molecular flexibility index (Phi) is 5.65. The van der Waals surface area contributed by atoms with Gasteiger partial charge in [0.25, 0.3) is 5.91 Å². The number of anilines is 1. The van der Waals surface area contributed by atoms with Crippen molar-refractivity contribution in [1.82, 2.24) is 0 Å². The maximum absolute atomic E-state index is 12.2. The fourth-order valence-corrected chi connectivity index (χ4v) is 2.58. The van der Waals surface area contributed by atoms with Gasteiger partial charge in [-0.25, -0.2) is 0 Å². The van der Waals surface area contributed by atoms with Gasteiger partial charge in [0.2, 0.25) is 0 Å². The van der Waals surface area contributed by atoms with Crippen LogP contribution in [0, 0.1) is 0 Å². The second-order valence-corrected chi connectivity index (χ2v) is 5.44. The van der Waals surface area contributed by atoms with Gasteiger partial charge in [0.05, 0.1) is 18.1 Å². The summed E-state index contributed by atoms with van der Waals surface area (Å²) in [6.45, 7) is 2.49. The van der Waals surface area contributed by atoms with Crippen LogP contribution in [0.3, 0.4) is 0 Å². The zero-order valence-electron chi connectivity index (χ0n) is 11.5. The van der Waals surface area contributed by atoms with E-state index in [1.165, 1.54) is 0 Å². The molecule has 0 atom stereocenters. The molecule has 110 valence electrons. The molecular formula is C16H15BrClNO2. The van der Waals surface area contributed by atoms with Gasteiger partial charge in [-0.3, -0.25) is 4.79 Å². The van der Waals surface area contributed by atoms with Gasteiger partial charge in [-0.05, 0) is 53.2 Å². The number of carbonyl (C=O) groups excluding carboxylic acids is 1. The Morgan fingerprint density at radius 2 is 2.05 bits per heavy atom. The minimum absolute atomic E-state index is 0.174. The van der Waals surface area contributed by atoms with Crippen LogP contribution < -0.4 is 10.1 Å². The maximum Gasteiger partial charge on any atom is 0.256 e. The molecule has 21 heavy (non-hydrogen) atoms. The van der Waals surface area contributed by atoms with Crippen molar-refractivity contribution in [3.63, 3.8) is 0 Å². The van der Waals surface area contributed by atoms with Crippen molar-refractivity contribution in [2.24, 2.45) is 0 Å². The zero-order valence-corrected chi connectivity index (χ0v) is 13.9. The molecule has 0 bridgehead atoms. The number of rotatable bonds is 5. The largest absolute Gasteiger partial charge is 0.494 e. The number of alkyl halides is 1. The first-order valence-corrected chi connectivity index (χ1v) is 7.86. The van der Waals surface area contributed by atoms with E-state index < -0.39 is 0 Å². The summed E-state index contributed by atoms with van der Waals surface area (Å²) in [5.74, 6) is 0.896. The first-order chi connectivity index (χ1) is 10.2. The van der Waals surface area contributed by atoms with Crippen molar-refractivity contribution in [2.45, 2.75) is 12.8 Å². The number of carbonyl (C=O) groups is 1. The quantitative estimate of drug-likeness (QED) is 0.767. The second-order valence-electron chi connectivity index (χ2n) is 4.32. The van der Waals surface area contributed by atoms with Crippen LogP contribution in [-0.4, -0.2) is 12.5 Å². The normalized spacial score (nSPS) is 10.2. The predicted molar refractivity (Wildman–Crippen MR) is 89.3 cm³/mol. The molecule has 3 nitrogen and oxygen atoms in total. The summed E-state index contributed by atoms with van der Waals surface area (Å²) in [4.78, 5) is 12.2. The summed E-state index contributed by atoms with van der Waals surface area (Å²) in [5, 5.41) is 2.86. The van der Waals surface area contributed by atoms with Gasteiger partial charge in [0.1, 0.15) is 5.75 Å². The number of hydrogen-bond donors (Lipinski definition) is 1. The predicted octanol–water partition coefficient (Wildman–Crippen LogP) is 4.84. The average Bonchev–Trinajstić information content (AvgIpc) is 2.49. The highest BCUT2D eigenvalue weighted by atomic mass is 79.9. The van der Waals surface area contributed by atoms with E-state index in [0.29, 0.717) is 23.7 Å². The smallest absolute Gasteiger partial charge is 0.256 e. The average molecular weight is 369 g/mol. The molecule has 0 spiro atoms. The van der Waals surface area contributed by atoms with Crippen molar-refractivity contribution in [3.05, 3.63) is 58.1 Å². The zero-order chi connectivity index (χ0) is 15.2. The van der Waals surface area contributed by atoms with Crippen molar-refractivity contribution < 1.29 is 9.53 Å². The molecule has 0 fully saturated rings. The van der Waals surface area contributed by atoms with Gasteiger partial charge in [-0.1, -0.05) is 12.1 Å². The third-order valence-electron chi connectivity index (χ3n) is 2.88. The topological polar surface area (TPSA) is 38.3 Å². The van der Waals surface area contributed by atoms with E-state index >= 15 is 0 Å². The standard InChI is InChI=1S/C16H15BrClNO2/c1-2-21-15-8-7-12(9-11(15)10-18)19-16(20)13-5-3-4-6-14(13)17/h3-9H,2,10H2,1H3,(H,19,20). The van der Waals surface area contributed by atoms with Gasteiger partial charge in [-0.15, -0.1) is 11.6 Å². The van der Waals surface area contributed by atoms with Crippen molar-refractivity contribution >= 4 is 39.1 Å². The van der Waals surface area contributed by atoms with Gasteiger partial charge in [0, 0.05) is 15.7 Å². The maximum atomic E-state index is 12.2. The summed E-state index contributed by atoms with van der Waals surface area (Å²) in [5.41, 5.74) is 2.12. The molecule has 0 aromatic heterocycles. The van der Waals surface area contributed by atoms with Crippen molar-refractivity contribution in [1.29, 1.82) is 0 Å². The molecule has 0 unspecified atom stereocenters. The lowest BCUT2D eigenvalue weighted by atomic mass is 10.1. The Morgan fingerprint density at radius 1 is 1.29 bits per heavy atom. The SMILES string of the molecule is CCOc1ccc(NC(=O)c2ccccc2Br)cc1CCl. The van der Waals surface area contributed by atoms with Gasteiger partial charge < -0.3 is 10.1 Å². The molecule has 1 amide bonds. The van der Waals surface area contributed by atoms with Crippen LogP contribution in [0.1, 0.15) is 22.8 Å². The molecule has 0 aliphatic rings. The fraction of sp³-hybridized carbons (Fsp3) is 0.188. The highest BCUT2D eigenvalue weighted by molar-refractivity contribution is 9.10. The highest BCUT2D eigenvalue weighted by Gasteiger charge is 2.11. The van der Waals surface area contributed by atoms with Crippen LogP contribution in [-0.2, 0) is 5.88 Å². The Morgan fingerprint density at radius 3 is 2.71 bits per heavy atom. The van der Waals surface area contributed by atoms with Crippen molar-refractivity contribution in [3.8, 4) is 5.75 Å². The number of ether oxygens (including phenoxy) is 1. The Hall–Kier alpha value is -1.52. The lowest BCUT2D eigenvalue weighted by Crippen LogP contribution is -2.12. The Bertz CT molecular complexity index is 646. The summed E-state index contributed by atoms with van der Waals surface area (Å²) in [7, 11) is 0. The number of nitrogens with one attached hydrogen (secondary N) is 1. The lowest BCUT2D eigenvalue weighted by Gasteiger charge is -2.11. The van der Waals surface area contributed by atoms with Crippen LogP contribution >= 0.6 is 27.5 Å². The Labute approximate surface area is 137 Å². The van der Waals surface area contributed by atoms with E-state index in [9.17, 15) is 4.79 Å². The van der Waals surface area contributed by atoms with E-state index in [1.54, 1.807) is 12.1 Å². The highest BCUT2D eigenvalue weighted by Crippen LogP contribution is 2.25. The Balaban J connectivity index is 2.20. The first-order valence-electron chi connectivity index (χ1n) is 6.53. The molecule has 0 saturated carbocycles. The number of halogens is 2. The minimum Gasteiger partial charge on any atom is -0.494 e. The number of benzene rings is 2. The van der Waals surface area contributed by atoms with E-state index in [1.807, 2.05) is 37.3 Å². The molecule has 0 heterocycles. The molecule has 0 radical (unpaired) electrons. The molecule has 2 aromatic carbocycles. The summed E-state index contributed by atoms with van der Waals surface area (Å²) >= 11 is 9.29. The lowest BCUT2D eigenvalue weighted by molar-refractivity contribution is 0.102. The van der Waals surface area contributed by atoms with E-state index in [2.05, 4.69) is 21.2 Å². The van der Waals surface area contributed by atoms with Crippen LogP contribution in [0.15, 0.2) is 46.9 Å². The fourth-order valence-electron chi connectivity index (χ4n) is 1.90. The molecule has 5 heteroatoms. The van der Waals surface area contributed by atoms with Gasteiger partial charge >= 0.3 is 0 Å². The van der Waals surface area contributed by atoms with Crippen LogP contribution in [0.5, 0.6) is 5.75 Å². The van der Waals surface area contributed by atoms with Gasteiger partial charge in [-0.2, -0.15) is 0 Å². The van der Waals surface area contributed by atoms with Crippen LogP contribution in [0.2, 0.25) is 0 Å². The third-order valence-corrected chi connectivity index (χ3v) is 3.86. The molecule has 0 saturated heterocycles. The molecule has 2 aromatic rings. The van der Waals surface area contributed by atoms with Crippen molar-refractivity contribution in [2.75, 3.05) is 11.9 Å². The number of amides is 1. The third kappa shape index (κ3) is 3.99. The number of hydrogen-bond acceptors (Lipinski definition) is 2. The second kappa shape index (κ2) is 7.48. The first kappa shape index (κ1) is 15.9. The minimum atomic E-state index is -0.174. The van der Waals surface area contributed by atoms with Gasteiger partial charge in [0.15, 0.2) is 0 Å². The molecule has 2 rings (SSSR count). The summed E-state index contributed by atoms with van der Waals surface area (Å²) in [6, 6.07) is 12.7. The molecule has 1 N–H and O–H groups in total. The summed E-state index contributed by atoms with van der Waals surface area (Å²) < 4.78 is 6.24. The van der Waals surface area contributed by atoms with Crippen LogP contribution in [0.25, 0.3) is 0 Å². The van der Waals surface area contributed by atoms with E-state index in [0.717, 1.165) is 15.8 Å². The summed E-state index contributed by atoms with van der Waals surface area (Å²) in [6.07, 6.45) is 0.